The topological polar surface area (TPSA) is 90.2 Å². The van der Waals surface area contributed by atoms with Crippen LogP contribution in [0.15, 0.2) is 32.6 Å². The van der Waals surface area contributed by atoms with Crippen molar-refractivity contribution in [1.82, 2.24) is 15.0 Å². The van der Waals surface area contributed by atoms with Crippen molar-refractivity contribution in [3.05, 3.63) is 51.3 Å². The largest absolute Gasteiger partial charge is 0.497 e. The number of hydrogen-bond donors (Lipinski definition) is 1. The molecule has 0 atom stereocenters. The number of thioether (sulfide) groups is 1. The first-order valence-corrected chi connectivity index (χ1v) is 9.86. The highest BCUT2D eigenvalue weighted by molar-refractivity contribution is 7.98. The molecule has 0 saturated heterocycles. The summed E-state index contributed by atoms with van der Waals surface area (Å²) in [4.78, 5) is 24.0. The summed E-state index contributed by atoms with van der Waals surface area (Å²) in [7, 11) is 3.20. The fraction of sp³-hybridized carbons (Fsp3) is 0.350. The molecule has 0 spiro atoms. The number of nitrogens with zero attached hydrogens (tertiary/aromatic N) is 2. The van der Waals surface area contributed by atoms with Gasteiger partial charge >= 0.3 is 0 Å². The summed E-state index contributed by atoms with van der Waals surface area (Å²) in [5.41, 5.74) is 2.93. The van der Waals surface area contributed by atoms with Crippen LogP contribution in [0.5, 0.6) is 11.5 Å². The van der Waals surface area contributed by atoms with Gasteiger partial charge in [-0.1, -0.05) is 18.7 Å². The lowest BCUT2D eigenvalue weighted by atomic mass is 10.2. The first kappa shape index (κ1) is 20.0. The molecule has 0 aliphatic heterocycles. The van der Waals surface area contributed by atoms with Crippen LogP contribution in [0.25, 0.3) is 11.5 Å². The SMILES string of the molecule is CCc1c(C)nc(SCc2nc(-c3ccc(OC)cc3OC)oc2C)[nH]c1=O. The standard InChI is InChI=1S/C20H23N3O4S/c1-6-14-11(2)21-20(23-18(14)24)28-10-16-12(3)27-19(22-16)15-8-7-13(25-4)9-17(15)26-5/h7-9H,6,10H2,1-5H3,(H,21,23,24). The molecule has 8 heteroatoms. The van der Waals surface area contributed by atoms with Crippen molar-refractivity contribution in [2.24, 2.45) is 0 Å². The van der Waals surface area contributed by atoms with E-state index in [0.717, 1.165) is 22.5 Å². The maximum absolute atomic E-state index is 12.1. The molecular weight excluding hydrogens is 378 g/mol. The molecule has 1 aromatic carbocycles. The van der Waals surface area contributed by atoms with Crippen molar-refractivity contribution in [3.8, 4) is 23.0 Å². The summed E-state index contributed by atoms with van der Waals surface area (Å²) in [6.45, 7) is 5.66. The van der Waals surface area contributed by atoms with Gasteiger partial charge in [0.15, 0.2) is 5.16 Å². The smallest absolute Gasteiger partial charge is 0.254 e. The first-order chi connectivity index (χ1) is 13.5. The third-order valence-corrected chi connectivity index (χ3v) is 5.32. The molecule has 148 valence electrons. The molecule has 0 fully saturated rings. The van der Waals surface area contributed by atoms with Crippen LogP contribution < -0.4 is 15.0 Å². The molecular formula is C20H23N3O4S. The summed E-state index contributed by atoms with van der Waals surface area (Å²) in [6, 6.07) is 5.47. The second-order valence-corrected chi connectivity index (χ2v) is 7.13. The molecule has 28 heavy (non-hydrogen) atoms. The minimum atomic E-state index is -0.0852. The zero-order valence-corrected chi connectivity index (χ0v) is 17.4. The van der Waals surface area contributed by atoms with E-state index in [4.69, 9.17) is 13.9 Å². The van der Waals surface area contributed by atoms with Gasteiger partial charge in [0.1, 0.15) is 17.3 Å². The Kier molecular flexibility index (Phi) is 6.08. The van der Waals surface area contributed by atoms with Crippen LogP contribution >= 0.6 is 11.8 Å². The van der Waals surface area contributed by atoms with Gasteiger partial charge in [-0.3, -0.25) is 4.79 Å². The van der Waals surface area contributed by atoms with Gasteiger partial charge in [-0.25, -0.2) is 9.97 Å². The van der Waals surface area contributed by atoms with Gasteiger partial charge in [0.05, 0.1) is 25.5 Å². The molecule has 0 radical (unpaired) electrons. The van der Waals surface area contributed by atoms with Gasteiger partial charge in [0, 0.05) is 23.1 Å². The predicted octanol–water partition coefficient (Wildman–Crippen LogP) is 3.91. The van der Waals surface area contributed by atoms with Crippen LogP contribution in [-0.4, -0.2) is 29.2 Å². The predicted molar refractivity (Wildman–Crippen MR) is 108 cm³/mol. The zero-order valence-electron chi connectivity index (χ0n) is 16.6. The second-order valence-electron chi connectivity index (χ2n) is 6.17. The van der Waals surface area contributed by atoms with Crippen molar-refractivity contribution < 1.29 is 13.9 Å². The highest BCUT2D eigenvalue weighted by Crippen LogP contribution is 2.34. The lowest BCUT2D eigenvalue weighted by Crippen LogP contribution is -2.16. The Labute approximate surface area is 167 Å². The molecule has 1 N–H and O–H groups in total. The molecule has 7 nitrogen and oxygen atoms in total. The van der Waals surface area contributed by atoms with E-state index in [1.807, 2.05) is 32.9 Å². The van der Waals surface area contributed by atoms with E-state index in [0.29, 0.717) is 40.5 Å². The van der Waals surface area contributed by atoms with Gasteiger partial charge in [-0.15, -0.1) is 0 Å². The molecule has 0 aliphatic rings. The molecule has 0 unspecified atom stereocenters. The molecule has 3 aromatic rings. The Bertz CT molecular complexity index is 1040. The quantitative estimate of drug-likeness (QED) is 0.474. The van der Waals surface area contributed by atoms with E-state index in [1.165, 1.54) is 11.8 Å². The number of oxazole rings is 1. The zero-order chi connectivity index (χ0) is 20.3. The van der Waals surface area contributed by atoms with Crippen molar-refractivity contribution in [1.29, 1.82) is 0 Å². The Morgan fingerprint density at radius 3 is 2.61 bits per heavy atom. The number of ether oxygens (including phenoxy) is 2. The van der Waals surface area contributed by atoms with Crippen LogP contribution in [0.1, 0.15) is 29.6 Å². The normalized spacial score (nSPS) is 10.9. The number of methoxy groups -OCH3 is 2. The van der Waals surface area contributed by atoms with E-state index >= 15 is 0 Å². The number of aryl methyl sites for hydroxylation is 2. The summed E-state index contributed by atoms with van der Waals surface area (Å²) in [5.74, 6) is 3.04. The van der Waals surface area contributed by atoms with E-state index in [9.17, 15) is 4.79 Å². The molecule has 0 amide bonds. The molecule has 0 saturated carbocycles. The van der Waals surface area contributed by atoms with E-state index in [-0.39, 0.29) is 5.56 Å². The summed E-state index contributed by atoms with van der Waals surface area (Å²) >= 11 is 1.42. The maximum Gasteiger partial charge on any atom is 0.254 e. The average molecular weight is 401 g/mol. The Morgan fingerprint density at radius 2 is 1.96 bits per heavy atom. The third-order valence-electron chi connectivity index (χ3n) is 4.43. The molecule has 0 bridgehead atoms. The van der Waals surface area contributed by atoms with Crippen molar-refractivity contribution in [2.45, 2.75) is 38.1 Å². The van der Waals surface area contributed by atoms with Crippen LogP contribution in [0.4, 0.5) is 0 Å². The highest BCUT2D eigenvalue weighted by atomic mass is 32.2. The minimum Gasteiger partial charge on any atom is -0.497 e. The number of aromatic nitrogens is 3. The van der Waals surface area contributed by atoms with Crippen LogP contribution in [-0.2, 0) is 12.2 Å². The fourth-order valence-electron chi connectivity index (χ4n) is 2.86. The fourth-order valence-corrected chi connectivity index (χ4v) is 3.77. The Morgan fingerprint density at radius 1 is 1.18 bits per heavy atom. The average Bonchev–Trinajstić information content (AvgIpc) is 3.06. The van der Waals surface area contributed by atoms with Gasteiger partial charge in [-0.05, 0) is 32.4 Å². The summed E-state index contributed by atoms with van der Waals surface area (Å²) in [6.07, 6.45) is 0.661. The Balaban J connectivity index is 1.83. The summed E-state index contributed by atoms with van der Waals surface area (Å²) < 4.78 is 16.5. The van der Waals surface area contributed by atoms with Crippen molar-refractivity contribution in [2.75, 3.05) is 14.2 Å². The number of aromatic amines is 1. The lowest BCUT2D eigenvalue weighted by Gasteiger charge is -2.07. The van der Waals surface area contributed by atoms with Crippen LogP contribution in [0, 0.1) is 13.8 Å². The van der Waals surface area contributed by atoms with E-state index < -0.39 is 0 Å². The number of nitrogens with one attached hydrogen (secondary N) is 1. The first-order valence-electron chi connectivity index (χ1n) is 8.88. The van der Waals surface area contributed by atoms with Crippen LogP contribution in [0.2, 0.25) is 0 Å². The van der Waals surface area contributed by atoms with Gasteiger partial charge in [0.25, 0.3) is 5.56 Å². The lowest BCUT2D eigenvalue weighted by molar-refractivity contribution is 0.394. The number of rotatable bonds is 7. The van der Waals surface area contributed by atoms with Gasteiger partial charge < -0.3 is 18.9 Å². The van der Waals surface area contributed by atoms with Gasteiger partial charge in [-0.2, -0.15) is 0 Å². The van der Waals surface area contributed by atoms with Gasteiger partial charge in [0.2, 0.25) is 5.89 Å². The van der Waals surface area contributed by atoms with Crippen molar-refractivity contribution >= 4 is 11.8 Å². The van der Waals surface area contributed by atoms with Crippen molar-refractivity contribution in [3.63, 3.8) is 0 Å². The number of hydrogen-bond acceptors (Lipinski definition) is 7. The number of H-pyrrole nitrogens is 1. The molecule has 2 heterocycles. The molecule has 3 rings (SSSR count). The van der Waals surface area contributed by atoms with Crippen LogP contribution in [0.3, 0.4) is 0 Å². The Hall–Kier alpha value is -2.74. The second kappa shape index (κ2) is 8.52. The third kappa shape index (κ3) is 4.06. The maximum atomic E-state index is 12.1. The summed E-state index contributed by atoms with van der Waals surface area (Å²) in [5, 5.41) is 0.575. The number of benzene rings is 1. The van der Waals surface area contributed by atoms with E-state index in [2.05, 4.69) is 15.0 Å². The highest BCUT2D eigenvalue weighted by Gasteiger charge is 2.17. The molecule has 2 aromatic heterocycles. The minimum absolute atomic E-state index is 0.0852. The molecule has 0 aliphatic carbocycles. The van der Waals surface area contributed by atoms with E-state index in [1.54, 1.807) is 20.3 Å². The monoisotopic (exact) mass is 401 g/mol.